The fraction of sp³-hybridized carbons (Fsp3) is 0.294. The van der Waals surface area contributed by atoms with Crippen LogP contribution in [-0.4, -0.2) is 18.1 Å². The highest BCUT2D eigenvalue weighted by Crippen LogP contribution is 2.37. The second-order valence-electron chi connectivity index (χ2n) is 5.44. The Morgan fingerprint density at radius 3 is 2.59 bits per heavy atom. The van der Waals surface area contributed by atoms with Crippen molar-refractivity contribution in [3.05, 3.63) is 69.3 Å². The molecule has 0 radical (unpaired) electrons. The van der Waals surface area contributed by atoms with E-state index in [2.05, 4.69) is 0 Å². The first kappa shape index (κ1) is 14.5. The minimum Gasteiger partial charge on any atom is -0.497 e. The van der Waals surface area contributed by atoms with Gasteiger partial charge in [-0.25, -0.2) is 0 Å². The highest BCUT2D eigenvalue weighted by molar-refractivity contribution is 5.44. The van der Waals surface area contributed by atoms with Crippen LogP contribution in [0.3, 0.4) is 0 Å². The smallest absolute Gasteiger partial charge is 0.269 e. The number of fused-ring (bicyclic) bond motifs is 1. The average Bonchev–Trinajstić information content (AvgIpc) is 2.53. The van der Waals surface area contributed by atoms with Crippen LogP contribution in [0.2, 0.25) is 0 Å². The molecule has 3 rings (SSSR count). The van der Waals surface area contributed by atoms with E-state index in [-0.39, 0.29) is 17.9 Å². The van der Waals surface area contributed by atoms with Gasteiger partial charge in [0.05, 0.1) is 18.1 Å². The molecule has 0 fully saturated rings. The Balaban J connectivity index is 1.99. The standard InChI is InChI=1S/C17H17NO4/c1-11-9-13-10-15(21-2)7-8-16(13)17(22-11)12-3-5-14(6-4-12)18(19)20/h3-8,10-11,17H,9H2,1-2H3. The number of nitrogens with zero attached hydrogens (tertiary/aromatic N) is 1. The zero-order valence-corrected chi connectivity index (χ0v) is 12.5. The van der Waals surface area contributed by atoms with E-state index in [0.717, 1.165) is 23.3 Å². The third-order valence-corrected chi connectivity index (χ3v) is 3.92. The van der Waals surface area contributed by atoms with Gasteiger partial charge in [0.25, 0.3) is 5.69 Å². The zero-order chi connectivity index (χ0) is 15.7. The molecule has 5 nitrogen and oxygen atoms in total. The van der Waals surface area contributed by atoms with Gasteiger partial charge >= 0.3 is 0 Å². The Bertz CT molecular complexity index is 696. The van der Waals surface area contributed by atoms with Crippen molar-refractivity contribution in [2.24, 2.45) is 0 Å². The molecule has 0 bridgehead atoms. The number of nitro groups is 1. The lowest BCUT2D eigenvalue weighted by Gasteiger charge is -2.31. The molecule has 0 aliphatic carbocycles. The van der Waals surface area contributed by atoms with E-state index in [0.29, 0.717) is 0 Å². The Hall–Kier alpha value is -2.40. The maximum absolute atomic E-state index is 10.8. The van der Waals surface area contributed by atoms with E-state index in [9.17, 15) is 10.1 Å². The van der Waals surface area contributed by atoms with Crippen LogP contribution in [0, 0.1) is 10.1 Å². The third kappa shape index (κ3) is 2.67. The summed E-state index contributed by atoms with van der Waals surface area (Å²) >= 11 is 0. The summed E-state index contributed by atoms with van der Waals surface area (Å²) in [6.45, 7) is 2.03. The van der Waals surface area contributed by atoms with Gasteiger partial charge in [-0.1, -0.05) is 6.07 Å². The topological polar surface area (TPSA) is 61.6 Å². The molecule has 2 aromatic carbocycles. The summed E-state index contributed by atoms with van der Waals surface area (Å²) < 4.78 is 11.3. The van der Waals surface area contributed by atoms with Crippen molar-refractivity contribution in [2.75, 3.05) is 7.11 Å². The molecule has 1 aliphatic rings. The first-order valence-corrected chi connectivity index (χ1v) is 7.15. The lowest BCUT2D eigenvalue weighted by Crippen LogP contribution is -2.24. The largest absolute Gasteiger partial charge is 0.497 e. The minimum absolute atomic E-state index is 0.0831. The normalized spacial score (nSPS) is 20.3. The van der Waals surface area contributed by atoms with Gasteiger partial charge in [-0.3, -0.25) is 10.1 Å². The maximum atomic E-state index is 10.8. The van der Waals surface area contributed by atoms with E-state index in [4.69, 9.17) is 9.47 Å². The van der Waals surface area contributed by atoms with Crippen LogP contribution in [0.15, 0.2) is 42.5 Å². The number of hydrogen-bond donors (Lipinski definition) is 0. The van der Waals surface area contributed by atoms with E-state index < -0.39 is 4.92 Å². The van der Waals surface area contributed by atoms with E-state index >= 15 is 0 Å². The molecule has 2 aromatic rings. The number of ether oxygens (including phenoxy) is 2. The molecular weight excluding hydrogens is 282 g/mol. The molecule has 114 valence electrons. The number of hydrogen-bond acceptors (Lipinski definition) is 4. The first-order valence-electron chi connectivity index (χ1n) is 7.15. The molecule has 1 heterocycles. The van der Waals surface area contributed by atoms with Crippen LogP contribution in [-0.2, 0) is 11.2 Å². The van der Waals surface area contributed by atoms with Crippen molar-refractivity contribution in [1.29, 1.82) is 0 Å². The van der Waals surface area contributed by atoms with Gasteiger partial charge in [0.15, 0.2) is 0 Å². The summed E-state index contributed by atoms with van der Waals surface area (Å²) in [5.41, 5.74) is 3.29. The molecule has 2 atom stereocenters. The third-order valence-electron chi connectivity index (χ3n) is 3.92. The van der Waals surface area contributed by atoms with Crippen LogP contribution in [0.25, 0.3) is 0 Å². The quantitative estimate of drug-likeness (QED) is 0.641. The van der Waals surface area contributed by atoms with Gasteiger partial charge in [-0.15, -0.1) is 0 Å². The minimum atomic E-state index is -0.396. The van der Waals surface area contributed by atoms with Gasteiger partial charge in [0.2, 0.25) is 0 Å². The highest BCUT2D eigenvalue weighted by atomic mass is 16.6. The number of benzene rings is 2. The van der Waals surface area contributed by atoms with Crippen molar-refractivity contribution < 1.29 is 14.4 Å². The SMILES string of the molecule is COc1ccc2c(c1)CC(C)OC2c1ccc([N+](=O)[O-])cc1. The van der Waals surface area contributed by atoms with Crippen LogP contribution in [0.1, 0.15) is 29.7 Å². The van der Waals surface area contributed by atoms with Crippen molar-refractivity contribution in [3.8, 4) is 5.75 Å². The van der Waals surface area contributed by atoms with Gasteiger partial charge in [0.1, 0.15) is 11.9 Å². The lowest BCUT2D eigenvalue weighted by atomic mass is 9.90. The predicted molar refractivity (Wildman–Crippen MR) is 82.2 cm³/mol. The first-order chi connectivity index (χ1) is 10.6. The lowest BCUT2D eigenvalue weighted by molar-refractivity contribution is -0.384. The molecular formula is C17H17NO4. The van der Waals surface area contributed by atoms with Crippen molar-refractivity contribution >= 4 is 5.69 Å². The van der Waals surface area contributed by atoms with Crippen LogP contribution >= 0.6 is 0 Å². The van der Waals surface area contributed by atoms with E-state index in [1.807, 2.05) is 25.1 Å². The molecule has 0 saturated heterocycles. The summed E-state index contributed by atoms with van der Waals surface area (Å²) in [4.78, 5) is 10.4. The fourth-order valence-electron chi connectivity index (χ4n) is 2.83. The van der Waals surface area contributed by atoms with Crippen LogP contribution < -0.4 is 4.74 Å². The predicted octanol–water partition coefficient (Wildman–Crippen LogP) is 3.65. The summed E-state index contributed by atoms with van der Waals surface area (Å²) in [5, 5.41) is 10.8. The van der Waals surface area contributed by atoms with Crippen molar-refractivity contribution in [1.82, 2.24) is 0 Å². The fourth-order valence-corrected chi connectivity index (χ4v) is 2.83. The summed E-state index contributed by atoms with van der Waals surface area (Å²) in [7, 11) is 1.65. The molecule has 0 saturated carbocycles. The molecule has 0 aromatic heterocycles. The molecule has 0 spiro atoms. The Kier molecular flexibility index (Phi) is 3.81. The Morgan fingerprint density at radius 1 is 1.23 bits per heavy atom. The molecule has 1 aliphatic heterocycles. The summed E-state index contributed by atoms with van der Waals surface area (Å²) in [5.74, 6) is 0.829. The summed E-state index contributed by atoms with van der Waals surface area (Å²) in [6.07, 6.45) is 0.709. The van der Waals surface area contributed by atoms with Crippen molar-refractivity contribution in [3.63, 3.8) is 0 Å². The van der Waals surface area contributed by atoms with Gasteiger partial charge < -0.3 is 9.47 Å². The molecule has 22 heavy (non-hydrogen) atoms. The molecule has 5 heteroatoms. The van der Waals surface area contributed by atoms with Gasteiger partial charge in [-0.05, 0) is 54.3 Å². The molecule has 2 unspecified atom stereocenters. The maximum Gasteiger partial charge on any atom is 0.269 e. The van der Waals surface area contributed by atoms with Crippen LogP contribution in [0.4, 0.5) is 5.69 Å². The number of non-ortho nitro benzene ring substituents is 1. The van der Waals surface area contributed by atoms with Crippen LogP contribution in [0.5, 0.6) is 5.75 Å². The Morgan fingerprint density at radius 2 is 1.95 bits per heavy atom. The molecule has 0 amide bonds. The van der Waals surface area contributed by atoms with Crippen molar-refractivity contribution in [2.45, 2.75) is 25.6 Å². The zero-order valence-electron chi connectivity index (χ0n) is 12.5. The monoisotopic (exact) mass is 299 g/mol. The number of nitro benzene ring substituents is 1. The second-order valence-corrected chi connectivity index (χ2v) is 5.44. The van der Waals surface area contributed by atoms with E-state index in [1.165, 1.54) is 17.7 Å². The highest BCUT2D eigenvalue weighted by Gasteiger charge is 2.27. The molecule has 0 N–H and O–H groups in total. The van der Waals surface area contributed by atoms with Gasteiger partial charge in [-0.2, -0.15) is 0 Å². The number of methoxy groups -OCH3 is 1. The average molecular weight is 299 g/mol. The van der Waals surface area contributed by atoms with Gasteiger partial charge in [0, 0.05) is 12.1 Å². The second kappa shape index (κ2) is 5.77. The Labute approximate surface area is 128 Å². The number of rotatable bonds is 3. The summed E-state index contributed by atoms with van der Waals surface area (Å²) in [6, 6.07) is 12.5. The van der Waals surface area contributed by atoms with E-state index in [1.54, 1.807) is 19.2 Å².